The average molecular weight is 254 g/mol. The van der Waals surface area contributed by atoms with Crippen LogP contribution in [0.25, 0.3) is 22.3 Å². The third-order valence-corrected chi connectivity index (χ3v) is 2.81. The molecule has 5 nitrogen and oxygen atoms in total. The van der Waals surface area contributed by atoms with Gasteiger partial charge >= 0.3 is 6.01 Å². The molecule has 5 heteroatoms. The molecular formula is C14H14N4O. The van der Waals surface area contributed by atoms with E-state index in [9.17, 15) is 0 Å². The Kier molecular flexibility index (Phi) is 3.10. The van der Waals surface area contributed by atoms with E-state index in [0.717, 1.165) is 29.4 Å². The van der Waals surface area contributed by atoms with Crippen molar-refractivity contribution < 1.29 is 4.52 Å². The number of aromatic nitrogens is 3. The lowest BCUT2D eigenvalue weighted by Gasteiger charge is -1.98. The summed E-state index contributed by atoms with van der Waals surface area (Å²) in [6, 6.07) is 10.3. The van der Waals surface area contributed by atoms with Gasteiger partial charge in [-0.05, 0) is 30.7 Å². The Bertz CT molecular complexity index is 692. The van der Waals surface area contributed by atoms with Crippen molar-refractivity contribution >= 4 is 16.9 Å². The highest BCUT2D eigenvalue weighted by Gasteiger charge is 2.08. The van der Waals surface area contributed by atoms with E-state index in [1.54, 1.807) is 6.20 Å². The van der Waals surface area contributed by atoms with E-state index in [2.05, 4.69) is 27.4 Å². The van der Waals surface area contributed by atoms with Crippen molar-refractivity contribution in [3.05, 3.63) is 36.5 Å². The molecule has 0 unspecified atom stereocenters. The van der Waals surface area contributed by atoms with E-state index in [1.165, 1.54) is 0 Å². The minimum absolute atomic E-state index is 0.461. The molecule has 0 saturated carbocycles. The first-order chi connectivity index (χ1) is 9.36. The first-order valence-electron chi connectivity index (χ1n) is 6.29. The number of hydrogen-bond acceptors (Lipinski definition) is 5. The minimum Gasteiger partial charge on any atom is -0.338 e. The van der Waals surface area contributed by atoms with E-state index in [4.69, 9.17) is 4.52 Å². The molecule has 0 radical (unpaired) electrons. The molecule has 0 aliphatic heterocycles. The molecule has 0 atom stereocenters. The van der Waals surface area contributed by atoms with Gasteiger partial charge in [-0.15, -0.1) is 0 Å². The molecule has 0 aliphatic carbocycles. The molecule has 0 spiro atoms. The van der Waals surface area contributed by atoms with Crippen molar-refractivity contribution in [1.82, 2.24) is 15.1 Å². The van der Waals surface area contributed by atoms with Crippen LogP contribution >= 0.6 is 0 Å². The molecule has 0 bridgehead atoms. The fourth-order valence-corrected chi connectivity index (χ4v) is 1.86. The largest absolute Gasteiger partial charge is 0.338 e. The molecule has 3 aromatic rings. The van der Waals surface area contributed by atoms with Gasteiger partial charge in [-0.25, -0.2) is 0 Å². The molecule has 0 aliphatic rings. The second-order valence-electron chi connectivity index (χ2n) is 4.26. The van der Waals surface area contributed by atoms with Gasteiger partial charge in [-0.1, -0.05) is 18.1 Å². The molecule has 1 aromatic carbocycles. The molecular weight excluding hydrogens is 240 g/mol. The Morgan fingerprint density at radius 2 is 2.21 bits per heavy atom. The lowest BCUT2D eigenvalue weighted by atomic mass is 10.1. The Balaban J connectivity index is 1.92. The Labute approximate surface area is 110 Å². The monoisotopic (exact) mass is 254 g/mol. The third-order valence-electron chi connectivity index (χ3n) is 2.81. The number of benzene rings is 1. The normalized spacial score (nSPS) is 10.8. The second kappa shape index (κ2) is 5.06. The minimum atomic E-state index is 0.461. The van der Waals surface area contributed by atoms with Gasteiger partial charge in [0.05, 0.1) is 5.52 Å². The summed E-state index contributed by atoms with van der Waals surface area (Å²) in [6.45, 7) is 2.91. The standard InChI is InChI=1S/C14H14N4O/c1-2-7-16-14-17-13(18-19-14)11-5-6-12-10(9-11)4-3-8-15-12/h3-6,8-9H,2,7H2,1H3,(H,16,17,18). The predicted molar refractivity (Wildman–Crippen MR) is 73.8 cm³/mol. The fourth-order valence-electron chi connectivity index (χ4n) is 1.86. The van der Waals surface area contributed by atoms with Crippen molar-refractivity contribution in [3.63, 3.8) is 0 Å². The molecule has 0 saturated heterocycles. The van der Waals surface area contributed by atoms with E-state index < -0.39 is 0 Å². The molecule has 19 heavy (non-hydrogen) atoms. The lowest BCUT2D eigenvalue weighted by Crippen LogP contribution is -1.99. The second-order valence-corrected chi connectivity index (χ2v) is 4.26. The first kappa shape index (κ1) is 11.6. The van der Waals surface area contributed by atoms with E-state index in [1.807, 2.05) is 30.3 Å². The first-order valence-corrected chi connectivity index (χ1v) is 6.29. The van der Waals surface area contributed by atoms with Crippen LogP contribution in [0.3, 0.4) is 0 Å². The van der Waals surface area contributed by atoms with Crippen molar-refractivity contribution in [2.24, 2.45) is 0 Å². The molecule has 96 valence electrons. The van der Waals surface area contributed by atoms with Crippen LogP contribution in [0.1, 0.15) is 13.3 Å². The van der Waals surface area contributed by atoms with Gasteiger partial charge in [0.2, 0.25) is 5.82 Å². The summed E-state index contributed by atoms with van der Waals surface area (Å²) in [6.07, 6.45) is 2.79. The number of hydrogen-bond donors (Lipinski definition) is 1. The van der Waals surface area contributed by atoms with E-state index in [-0.39, 0.29) is 0 Å². The van der Waals surface area contributed by atoms with Gasteiger partial charge in [0.25, 0.3) is 0 Å². The summed E-state index contributed by atoms with van der Waals surface area (Å²) in [7, 11) is 0. The highest BCUT2D eigenvalue weighted by Crippen LogP contribution is 2.22. The van der Waals surface area contributed by atoms with Gasteiger partial charge in [-0.2, -0.15) is 4.98 Å². The highest BCUT2D eigenvalue weighted by molar-refractivity contribution is 5.83. The van der Waals surface area contributed by atoms with Gasteiger partial charge < -0.3 is 9.84 Å². The zero-order chi connectivity index (χ0) is 13.1. The van der Waals surface area contributed by atoms with Crippen LogP contribution in [0.15, 0.2) is 41.1 Å². The number of anilines is 1. The summed E-state index contributed by atoms with van der Waals surface area (Å²) in [5.41, 5.74) is 1.88. The van der Waals surface area contributed by atoms with Crippen molar-refractivity contribution in [2.75, 3.05) is 11.9 Å². The molecule has 2 heterocycles. The van der Waals surface area contributed by atoms with Crippen LogP contribution < -0.4 is 5.32 Å². The zero-order valence-corrected chi connectivity index (χ0v) is 10.6. The zero-order valence-electron chi connectivity index (χ0n) is 10.6. The molecule has 0 fully saturated rings. The fraction of sp³-hybridized carbons (Fsp3) is 0.214. The third kappa shape index (κ3) is 2.40. The van der Waals surface area contributed by atoms with Crippen LogP contribution in [0.4, 0.5) is 6.01 Å². The van der Waals surface area contributed by atoms with Crippen LogP contribution in [0, 0.1) is 0 Å². The maximum Gasteiger partial charge on any atom is 0.321 e. The van der Waals surface area contributed by atoms with Crippen molar-refractivity contribution in [3.8, 4) is 11.4 Å². The number of rotatable bonds is 4. The van der Waals surface area contributed by atoms with E-state index >= 15 is 0 Å². The molecule has 0 amide bonds. The maximum atomic E-state index is 5.15. The van der Waals surface area contributed by atoms with Crippen LogP contribution in [0.5, 0.6) is 0 Å². The molecule has 1 N–H and O–H groups in total. The van der Waals surface area contributed by atoms with Crippen LogP contribution in [0.2, 0.25) is 0 Å². The summed E-state index contributed by atoms with van der Waals surface area (Å²) in [5, 5.41) is 8.11. The quantitative estimate of drug-likeness (QED) is 0.775. The SMILES string of the molecule is CCCNc1nc(-c2ccc3ncccc3c2)no1. The summed E-state index contributed by atoms with van der Waals surface area (Å²) < 4.78 is 5.15. The highest BCUT2D eigenvalue weighted by atomic mass is 16.5. The summed E-state index contributed by atoms with van der Waals surface area (Å²) in [5.74, 6) is 0.587. The summed E-state index contributed by atoms with van der Waals surface area (Å²) in [4.78, 5) is 8.60. The number of nitrogens with one attached hydrogen (secondary N) is 1. The number of nitrogens with zero attached hydrogens (tertiary/aromatic N) is 3. The van der Waals surface area contributed by atoms with Gasteiger partial charge in [-0.3, -0.25) is 4.98 Å². The van der Waals surface area contributed by atoms with Crippen molar-refractivity contribution in [2.45, 2.75) is 13.3 Å². The predicted octanol–water partition coefficient (Wildman–Crippen LogP) is 3.11. The molecule has 3 rings (SSSR count). The van der Waals surface area contributed by atoms with Crippen LogP contribution in [-0.2, 0) is 0 Å². The Morgan fingerprint density at radius 3 is 3.11 bits per heavy atom. The smallest absolute Gasteiger partial charge is 0.321 e. The lowest BCUT2D eigenvalue weighted by molar-refractivity contribution is 0.432. The summed E-state index contributed by atoms with van der Waals surface area (Å²) >= 11 is 0. The number of pyridine rings is 1. The Morgan fingerprint density at radius 1 is 1.26 bits per heavy atom. The topological polar surface area (TPSA) is 63.8 Å². The number of fused-ring (bicyclic) bond motifs is 1. The molecule has 2 aromatic heterocycles. The van der Waals surface area contributed by atoms with Gasteiger partial charge in [0.15, 0.2) is 0 Å². The van der Waals surface area contributed by atoms with Gasteiger partial charge in [0.1, 0.15) is 0 Å². The maximum absolute atomic E-state index is 5.15. The van der Waals surface area contributed by atoms with Crippen LogP contribution in [-0.4, -0.2) is 21.7 Å². The Hall–Kier alpha value is -2.43. The van der Waals surface area contributed by atoms with Crippen molar-refractivity contribution in [1.29, 1.82) is 0 Å². The average Bonchev–Trinajstić information content (AvgIpc) is 2.93. The van der Waals surface area contributed by atoms with Gasteiger partial charge in [0, 0.05) is 23.7 Å². The van der Waals surface area contributed by atoms with E-state index in [0.29, 0.717) is 11.8 Å².